The number of carbonyl (C=O) groups is 1. The second-order valence-corrected chi connectivity index (χ2v) is 5.04. The number of hydrogen-bond donors (Lipinski definition) is 1. The summed E-state index contributed by atoms with van der Waals surface area (Å²) in [6.45, 7) is -0.311. The average Bonchev–Trinajstić information content (AvgIpc) is 2.91. The van der Waals surface area contributed by atoms with Gasteiger partial charge in [-0.05, 0) is 40.8 Å². The molecule has 0 bridgehead atoms. The van der Waals surface area contributed by atoms with Crippen molar-refractivity contribution in [1.82, 2.24) is 5.43 Å². The highest BCUT2D eigenvalue weighted by Gasteiger charge is 2.07. The third kappa shape index (κ3) is 4.84. The molecule has 8 nitrogen and oxygen atoms in total. The quantitative estimate of drug-likeness (QED) is 0.337. The lowest BCUT2D eigenvalue weighted by Gasteiger charge is -2.04. The van der Waals surface area contributed by atoms with E-state index >= 15 is 0 Å². The van der Waals surface area contributed by atoms with Crippen molar-refractivity contribution < 1.29 is 18.9 Å². The molecule has 0 fully saturated rings. The number of rotatable bonds is 6. The predicted molar refractivity (Wildman–Crippen MR) is 85.8 cm³/mol. The van der Waals surface area contributed by atoms with Gasteiger partial charge in [0.2, 0.25) is 0 Å². The summed E-state index contributed by atoms with van der Waals surface area (Å²) >= 11 is 2.01. The van der Waals surface area contributed by atoms with Crippen LogP contribution in [0.2, 0.25) is 0 Å². The number of nitrogens with zero attached hydrogens (tertiary/aromatic N) is 2. The van der Waals surface area contributed by atoms with Gasteiger partial charge in [-0.25, -0.2) is 5.43 Å². The molecule has 2 rings (SSSR count). The largest absolute Gasteiger partial charge is 0.483 e. The summed E-state index contributed by atoms with van der Waals surface area (Å²) in [7, 11) is 0. The molecule has 0 aliphatic rings. The highest BCUT2D eigenvalue weighted by molar-refractivity contribution is 14.1. The Kier molecular flexibility index (Phi) is 5.47. The summed E-state index contributed by atoms with van der Waals surface area (Å²) in [6, 6.07) is 9.03. The molecule has 0 radical (unpaired) electrons. The minimum Gasteiger partial charge on any atom is -0.483 e. The number of non-ortho nitro benzene ring substituents is 1. The molecule has 0 spiro atoms. The lowest BCUT2D eigenvalue weighted by Crippen LogP contribution is -2.24. The third-order valence-corrected chi connectivity index (χ3v) is 2.95. The van der Waals surface area contributed by atoms with E-state index in [1.807, 2.05) is 22.6 Å². The van der Waals surface area contributed by atoms with Crippen LogP contribution in [0.1, 0.15) is 5.76 Å². The first-order valence-electron chi connectivity index (χ1n) is 5.99. The van der Waals surface area contributed by atoms with Gasteiger partial charge in [-0.1, -0.05) is 6.07 Å². The molecule has 1 amide bonds. The van der Waals surface area contributed by atoms with Crippen LogP contribution >= 0.6 is 22.6 Å². The molecule has 0 saturated carbocycles. The van der Waals surface area contributed by atoms with Gasteiger partial charge in [-0.2, -0.15) is 5.10 Å². The molecule has 1 N–H and O–H groups in total. The number of nitrogens with one attached hydrogen (secondary N) is 1. The minimum absolute atomic E-state index is 0.108. The molecule has 0 atom stereocenters. The zero-order chi connectivity index (χ0) is 15.9. The molecule has 114 valence electrons. The van der Waals surface area contributed by atoms with Gasteiger partial charge in [-0.3, -0.25) is 14.9 Å². The molecule has 0 saturated heterocycles. The zero-order valence-corrected chi connectivity index (χ0v) is 13.2. The van der Waals surface area contributed by atoms with Crippen LogP contribution in [-0.2, 0) is 4.79 Å². The van der Waals surface area contributed by atoms with Crippen LogP contribution < -0.4 is 10.2 Å². The minimum atomic E-state index is -0.540. The number of benzene rings is 1. The van der Waals surface area contributed by atoms with E-state index in [2.05, 4.69) is 10.5 Å². The van der Waals surface area contributed by atoms with Gasteiger partial charge in [-0.15, -0.1) is 0 Å². The first kappa shape index (κ1) is 15.9. The number of carbonyl (C=O) groups excluding carboxylic acids is 1. The number of ether oxygens (including phenoxy) is 1. The maximum Gasteiger partial charge on any atom is 0.277 e. The molecule has 0 aliphatic carbocycles. The average molecular weight is 415 g/mol. The van der Waals surface area contributed by atoms with Crippen molar-refractivity contribution in [1.29, 1.82) is 0 Å². The summed E-state index contributed by atoms with van der Waals surface area (Å²) in [4.78, 5) is 21.6. The van der Waals surface area contributed by atoms with Gasteiger partial charge < -0.3 is 9.15 Å². The SMILES string of the molecule is O=C(COc1cccc([N+](=O)[O-])c1)N/N=C/c1ccc(I)o1. The van der Waals surface area contributed by atoms with Crippen molar-refractivity contribution in [2.24, 2.45) is 5.10 Å². The van der Waals surface area contributed by atoms with Crippen molar-refractivity contribution in [2.45, 2.75) is 0 Å². The number of hydrazone groups is 1. The molecular weight excluding hydrogens is 405 g/mol. The van der Waals surface area contributed by atoms with E-state index < -0.39 is 10.8 Å². The Labute approximate surface area is 138 Å². The molecule has 0 aliphatic heterocycles. The maximum absolute atomic E-state index is 11.5. The topological polar surface area (TPSA) is 107 Å². The zero-order valence-electron chi connectivity index (χ0n) is 11.1. The number of halogens is 1. The summed E-state index contributed by atoms with van der Waals surface area (Å²) in [5.41, 5.74) is 2.15. The Morgan fingerprint density at radius 2 is 2.27 bits per heavy atom. The standard InChI is InChI=1S/C13H10IN3O5/c14-12-5-4-11(22-12)7-15-16-13(18)8-21-10-3-1-2-9(6-10)17(19)20/h1-7H,8H2,(H,16,18)/b15-7+. The second kappa shape index (κ2) is 7.54. The fourth-order valence-electron chi connectivity index (χ4n) is 1.43. The summed E-state index contributed by atoms with van der Waals surface area (Å²) < 4.78 is 11.1. The smallest absolute Gasteiger partial charge is 0.277 e. The highest BCUT2D eigenvalue weighted by Crippen LogP contribution is 2.18. The summed E-state index contributed by atoms with van der Waals surface area (Å²) in [5.74, 6) is 0.238. The fraction of sp³-hybridized carbons (Fsp3) is 0.0769. The first-order chi connectivity index (χ1) is 10.5. The molecular formula is C13H10IN3O5. The predicted octanol–water partition coefficient (Wildman–Crippen LogP) is 2.32. The molecule has 1 aromatic carbocycles. The van der Waals surface area contributed by atoms with Gasteiger partial charge in [0.25, 0.3) is 11.6 Å². The van der Waals surface area contributed by atoms with Crippen molar-refractivity contribution in [3.63, 3.8) is 0 Å². The van der Waals surface area contributed by atoms with E-state index in [1.54, 1.807) is 12.1 Å². The number of amides is 1. The fourth-order valence-corrected chi connectivity index (χ4v) is 1.87. The van der Waals surface area contributed by atoms with Gasteiger partial charge in [0.1, 0.15) is 11.5 Å². The van der Waals surface area contributed by atoms with Crippen LogP contribution in [0, 0.1) is 13.9 Å². The monoisotopic (exact) mass is 415 g/mol. The van der Waals surface area contributed by atoms with Crippen LogP contribution in [0.5, 0.6) is 5.75 Å². The first-order valence-corrected chi connectivity index (χ1v) is 7.07. The molecule has 0 unspecified atom stereocenters. The van der Waals surface area contributed by atoms with E-state index in [0.29, 0.717) is 9.53 Å². The van der Waals surface area contributed by atoms with Crippen LogP contribution in [0.25, 0.3) is 0 Å². The Hall–Kier alpha value is -2.43. The summed E-state index contributed by atoms with van der Waals surface area (Å²) in [6.07, 6.45) is 1.35. The Balaban J connectivity index is 1.81. The van der Waals surface area contributed by atoms with Gasteiger partial charge in [0, 0.05) is 6.07 Å². The van der Waals surface area contributed by atoms with E-state index in [9.17, 15) is 14.9 Å². The molecule has 9 heteroatoms. The van der Waals surface area contributed by atoms with E-state index in [4.69, 9.17) is 9.15 Å². The Morgan fingerprint density at radius 1 is 1.45 bits per heavy atom. The Morgan fingerprint density at radius 3 is 2.95 bits per heavy atom. The molecule has 1 heterocycles. The third-order valence-electron chi connectivity index (χ3n) is 2.37. The van der Waals surface area contributed by atoms with E-state index in [0.717, 1.165) is 0 Å². The van der Waals surface area contributed by atoms with Crippen molar-refractivity contribution >= 4 is 40.4 Å². The van der Waals surface area contributed by atoms with Crippen LogP contribution in [0.15, 0.2) is 45.9 Å². The molecule has 2 aromatic rings. The summed E-state index contributed by atoms with van der Waals surface area (Å²) in [5, 5.41) is 14.3. The van der Waals surface area contributed by atoms with Crippen LogP contribution in [0.3, 0.4) is 0 Å². The van der Waals surface area contributed by atoms with E-state index in [-0.39, 0.29) is 18.0 Å². The van der Waals surface area contributed by atoms with Crippen molar-refractivity contribution in [3.8, 4) is 5.75 Å². The van der Waals surface area contributed by atoms with Gasteiger partial charge >= 0.3 is 0 Å². The van der Waals surface area contributed by atoms with Crippen molar-refractivity contribution in [2.75, 3.05) is 6.61 Å². The number of hydrogen-bond acceptors (Lipinski definition) is 6. The molecule has 22 heavy (non-hydrogen) atoms. The maximum atomic E-state index is 11.5. The Bertz CT molecular complexity index is 713. The van der Waals surface area contributed by atoms with Gasteiger partial charge in [0.05, 0.1) is 17.2 Å². The van der Waals surface area contributed by atoms with Crippen LogP contribution in [-0.4, -0.2) is 23.7 Å². The number of nitro groups is 1. The molecule has 1 aromatic heterocycles. The highest BCUT2D eigenvalue weighted by atomic mass is 127. The van der Waals surface area contributed by atoms with Crippen LogP contribution in [0.4, 0.5) is 5.69 Å². The normalized spacial score (nSPS) is 10.6. The van der Waals surface area contributed by atoms with E-state index in [1.165, 1.54) is 30.5 Å². The second-order valence-electron chi connectivity index (χ2n) is 3.98. The number of furan rings is 1. The van der Waals surface area contributed by atoms with Gasteiger partial charge in [0.15, 0.2) is 10.4 Å². The number of nitro benzene ring substituents is 1. The van der Waals surface area contributed by atoms with Crippen molar-refractivity contribution in [3.05, 3.63) is 56.0 Å². The lowest BCUT2D eigenvalue weighted by atomic mass is 10.3. The lowest BCUT2D eigenvalue weighted by molar-refractivity contribution is -0.384.